The molecule has 6 heteroatoms. The first-order valence-electron chi connectivity index (χ1n) is 7.56. The van der Waals surface area contributed by atoms with E-state index in [1.54, 1.807) is 30.1 Å². The number of nitrogens with one attached hydrogen (secondary N) is 2. The molecule has 1 saturated carbocycles. The van der Waals surface area contributed by atoms with Crippen molar-refractivity contribution in [3.63, 3.8) is 0 Å². The molecule has 2 amide bonds. The van der Waals surface area contributed by atoms with Crippen LogP contribution in [0.2, 0.25) is 5.02 Å². The van der Waals surface area contributed by atoms with Crippen LogP contribution in [0.4, 0.5) is 5.69 Å². The third-order valence-electron chi connectivity index (χ3n) is 3.80. The van der Waals surface area contributed by atoms with Crippen molar-refractivity contribution in [2.24, 2.45) is 5.92 Å². The van der Waals surface area contributed by atoms with E-state index >= 15 is 0 Å². The quantitative estimate of drug-likeness (QED) is 0.810. The van der Waals surface area contributed by atoms with E-state index in [4.69, 9.17) is 11.6 Å². The lowest BCUT2D eigenvalue weighted by molar-refractivity contribution is -0.127. The molecule has 1 aromatic rings. The Morgan fingerprint density at radius 3 is 2.73 bits per heavy atom. The summed E-state index contributed by atoms with van der Waals surface area (Å²) in [5, 5.41) is 6.45. The van der Waals surface area contributed by atoms with Gasteiger partial charge in [0.05, 0.1) is 12.1 Å². The van der Waals surface area contributed by atoms with Crippen LogP contribution in [0, 0.1) is 5.92 Å². The molecule has 22 heavy (non-hydrogen) atoms. The maximum absolute atomic E-state index is 12.3. The van der Waals surface area contributed by atoms with Crippen LogP contribution in [0.15, 0.2) is 18.2 Å². The highest BCUT2D eigenvalue weighted by Gasteiger charge is 2.22. The second kappa shape index (κ2) is 7.49. The molecule has 0 spiro atoms. The van der Waals surface area contributed by atoms with Gasteiger partial charge in [0.2, 0.25) is 5.91 Å². The summed E-state index contributed by atoms with van der Waals surface area (Å²) in [4.78, 5) is 25.8. The molecule has 0 bridgehead atoms. The molecule has 1 aliphatic rings. The lowest BCUT2D eigenvalue weighted by Gasteiger charge is -2.17. The molecule has 2 rings (SSSR count). The van der Waals surface area contributed by atoms with Crippen LogP contribution in [-0.4, -0.2) is 43.4 Å². The van der Waals surface area contributed by atoms with E-state index in [9.17, 15) is 9.59 Å². The van der Waals surface area contributed by atoms with Crippen molar-refractivity contribution < 1.29 is 9.59 Å². The predicted molar refractivity (Wildman–Crippen MR) is 88.3 cm³/mol. The summed E-state index contributed by atoms with van der Waals surface area (Å²) < 4.78 is 0. The molecule has 0 aromatic heterocycles. The fourth-order valence-electron chi connectivity index (χ4n) is 1.99. The molecule has 0 heterocycles. The number of anilines is 1. The van der Waals surface area contributed by atoms with Gasteiger partial charge in [-0.05, 0) is 43.9 Å². The number of rotatable bonds is 7. The molecule has 1 aromatic carbocycles. The maximum atomic E-state index is 12.3. The minimum absolute atomic E-state index is 0.0261. The highest BCUT2D eigenvalue weighted by molar-refractivity contribution is 6.31. The molecule has 0 atom stereocenters. The number of amides is 2. The number of likely N-dealkylation sites (N-methyl/N-ethyl adjacent to an activating group) is 1. The number of hydrogen-bond acceptors (Lipinski definition) is 3. The van der Waals surface area contributed by atoms with Gasteiger partial charge in [-0.3, -0.25) is 9.59 Å². The van der Waals surface area contributed by atoms with E-state index in [2.05, 4.69) is 10.6 Å². The van der Waals surface area contributed by atoms with Gasteiger partial charge in [-0.25, -0.2) is 0 Å². The SMILES string of the molecule is CCN(C)C(=O)CNc1ccc(Cl)cc1C(=O)NCC1CC1. The summed E-state index contributed by atoms with van der Waals surface area (Å²) in [6.45, 7) is 3.41. The van der Waals surface area contributed by atoms with E-state index in [1.807, 2.05) is 6.92 Å². The maximum Gasteiger partial charge on any atom is 0.253 e. The molecule has 2 N–H and O–H groups in total. The van der Waals surface area contributed by atoms with Crippen molar-refractivity contribution in [2.45, 2.75) is 19.8 Å². The van der Waals surface area contributed by atoms with Gasteiger partial charge in [0.1, 0.15) is 0 Å². The molecule has 1 aliphatic carbocycles. The van der Waals surface area contributed by atoms with Gasteiger partial charge < -0.3 is 15.5 Å². The van der Waals surface area contributed by atoms with Crippen molar-refractivity contribution in [3.8, 4) is 0 Å². The molecule has 5 nitrogen and oxygen atoms in total. The van der Waals surface area contributed by atoms with Gasteiger partial charge in [-0.1, -0.05) is 11.6 Å². The Morgan fingerprint density at radius 1 is 1.36 bits per heavy atom. The molecule has 120 valence electrons. The smallest absolute Gasteiger partial charge is 0.253 e. The zero-order chi connectivity index (χ0) is 16.1. The summed E-state index contributed by atoms with van der Waals surface area (Å²) in [7, 11) is 1.75. The Kier molecular flexibility index (Phi) is 5.66. The molecule has 0 saturated heterocycles. The minimum atomic E-state index is -0.159. The van der Waals surface area contributed by atoms with Crippen molar-refractivity contribution >= 4 is 29.1 Å². The van der Waals surface area contributed by atoms with Crippen LogP contribution >= 0.6 is 11.6 Å². The number of hydrogen-bond donors (Lipinski definition) is 2. The molecule has 0 aliphatic heterocycles. The lowest BCUT2D eigenvalue weighted by Crippen LogP contribution is -2.32. The van der Waals surface area contributed by atoms with Crippen molar-refractivity contribution in [3.05, 3.63) is 28.8 Å². The number of carbonyl (C=O) groups is 2. The Labute approximate surface area is 136 Å². The van der Waals surface area contributed by atoms with Crippen LogP contribution in [0.25, 0.3) is 0 Å². The zero-order valence-electron chi connectivity index (χ0n) is 13.0. The van der Waals surface area contributed by atoms with E-state index in [-0.39, 0.29) is 18.4 Å². The highest BCUT2D eigenvalue weighted by Crippen LogP contribution is 2.28. The van der Waals surface area contributed by atoms with Gasteiger partial charge in [0.25, 0.3) is 5.91 Å². The third kappa shape index (κ3) is 4.63. The van der Waals surface area contributed by atoms with Crippen LogP contribution in [0.3, 0.4) is 0 Å². The molecule has 0 radical (unpaired) electrons. The van der Waals surface area contributed by atoms with E-state index in [0.717, 1.165) is 0 Å². The van der Waals surface area contributed by atoms with E-state index < -0.39 is 0 Å². The Bertz CT molecular complexity index is 558. The largest absolute Gasteiger partial charge is 0.376 e. The first-order chi connectivity index (χ1) is 10.5. The van der Waals surface area contributed by atoms with Crippen LogP contribution < -0.4 is 10.6 Å². The van der Waals surface area contributed by atoms with E-state index in [1.165, 1.54) is 12.8 Å². The van der Waals surface area contributed by atoms with Gasteiger partial charge >= 0.3 is 0 Å². The summed E-state index contributed by atoms with van der Waals surface area (Å²) >= 11 is 5.99. The molecule has 0 unspecified atom stereocenters. The first-order valence-corrected chi connectivity index (χ1v) is 7.94. The topological polar surface area (TPSA) is 61.4 Å². The fourth-order valence-corrected chi connectivity index (χ4v) is 2.17. The second-order valence-corrected chi connectivity index (χ2v) is 6.04. The molecular formula is C16H22ClN3O2. The van der Waals surface area contributed by atoms with Crippen LogP contribution in [0.1, 0.15) is 30.1 Å². The van der Waals surface area contributed by atoms with E-state index in [0.29, 0.717) is 35.3 Å². The average Bonchev–Trinajstić information content (AvgIpc) is 3.34. The van der Waals surface area contributed by atoms with Crippen molar-refractivity contribution in [1.82, 2.24) is 10.2 Å². The molecule has 1 fully saturated rings. The third-order valence-corrected chi connectivity index (χ3v) is 4.04. The van der Waals surface area contributed by atoms with Crippen molar-refractivity contribution in [2.75, 3.05) is 32.0 Å². The number of carbonyl (C=O) groups excluding carboxylic acids is 2. The summed E-state index contributed by atoms with van der Waals surface area (Å²) in [5.41, 5.74) is 1.09. The van der Waals surface area contributed by atoms with Gasteiger partial charge in [-0.15, -0.1) is 0 Å². The monoisotopic (exact) mass is 323 g/mol. The Balaban J connectivity index is 2.02. The molecular weight excluding hydrogens is 302 g/mol. The summed E-state index contributed by atoms with van der Waals surface area (Å²) in [6, 6.07) is 5.06. The summed E-state index contributed by atoms with van der Waals surface area (Å²) in [6.07, 6.45) is 2.36. The van der Waals surface area contributed by atoms with Crippen LogP contribution in [0.5, 0.6) is 0 Å². The highest BCUT2D eigenvalue weighted by atomic mass is 35.5. The minimum Gasteiger partial charge on any atom is -0.376 e. The number of nitrogens with zero attached hydrogens (tertiary/aromatic N) is 1. The fraction of sp³-hybridized carbons (Fsp3) is 0.500. The lowest BCUT2D eigenvalue weighted by atomic mass is 10.1. The predicted octanol–water partition coefficient (Wildman–Crippen LogP) is 2.37. The van der Waals surface area contributed by atoms with Gasteiger partial charge in [0.15, 0.2) is 0 Å². The second-order valence-electron chi connectivity index (χ2n) is 5.60. The van der Waals surface area contributed by atoms with Gasteiger partial charge in [-0.2, -0.15) is 0 Å². The number of benzene rings is 1. The number of halogens is 1. The van der Waals surface area contributed by atoms with Crippen molar-refractivity contribution in [1.29, 1.82) is 0 Å². The standard InChI is InChI=1S/C16H22ClN3O2/c1-3-20(2)15(21)10-18-14-7-6-12(17)8-13(14)16(22)19-9-11-4-5-11/h6-8,11,18H,3-5,9-10H2,1-2H3,(H,19,22). The Morgan fingerprint density at radius 2 is 2.09 bits per heavy atom. The van der Waals surface area contributed by atoms with Crippen LogP contribution in [-0.2, 0) is 4.79 Å². The first kappa shape index (κ1) is 16.6. The average molecular weight is 324 g/mol. The van der Waals surface area contributed by atoms with Gasteiger partial charge in [0, 0.05) is 30.8 Å². The summed E-state index contributed by atoms with van der Waals surface area (Å²) in [5.74, 6) is 0.425. The Hall–Kier alpha value is -1.75. The normalized spacial score (nSPS) is 13.6. The zero-order valence-corrected chi connectivity index (χ0v) is 13.7.